The SMILES string of the molecule is COc1ccc2c(oc(=O)c3c4ccccc4sc23)c1OC. The second kappa shape index (κ2) is 4.74. The number of hydrogen-bond donors (Lipinski definition) is 0. The minimum Gasteiger partial charge on any atom is -0.493 e. The van der Waals surface area contributed by atoms with Crippen LogP contribution in [-0.2, 0) is 0 Å². The van der Waals surface area contributed by atoms with Crippen LogP contribution in [0.5, 0.6) is 11.5 Å². The van der Waals surface area contributed by atoms with Gasteiger partial charge in [-0.2, -0.15) is 0 Å². The number of thiophene rings is 1. The van der Waals surface area contributed by atoms with E-state index in [1.807, 2.05) is 36.4 Å². The first-order valence-corrected chi connectivity index (χ1v) is 7.55. The molecule has 22 heavy (non-hydrogen) atoms. The first-order valence-electron chi connectivity index (χ1n) is 6.73. The van der Waals surface area contributed by atoms with Crippen LogP contribution in [0.15, 0.2) is 45.6 Å². The maximum atomic E-state index is 12.5. The summed E-state index contributed by atoms with van der Waals surface area (Å²) in [6, 6.07) is 11.6. The van der Waals surface area contributed by atoms with Crippen molar-refractivity contribution >= 4 is 42.5 Å². The lowest BCUT2D eigenvalue weighted by Gasteiger charge is -2.09. The average molecular weight is 312 g/mol. The van der Waals surface area contributed by atoms with Crippen LogP contribution in [0.4, 0.5) is 0 Å². The summed E-state index contributed by atoms with van der Waals surface area (Å²) in [5.41, 5.74) is 0.0670. The second-order valence-electron chi connectivity index (χ2n) is 4.87. The monoisotopic (exact) mass is 312 g/mol. The standard InChI is InChI=1S/C17H12O4S/c1-19-11-8-7-10-14(15(11)20-2)21-17(18)13-9-5-3-4-6-12(9)22-16(10)13/h3-8H,1-2H3. The minimum absolute atomic E-state index is 0.355. The van der Waals surface area contributed by atoms with Gasteiger partial charge in [0.2, 0.25) is 5.75 Å². The highest BCUT2D eigenvalue weighted by atomic mass is 32.1. The van der Waals surface area contributed by atoms with Crippen molar-refractivity contribution in [3.05, 3.63) is 46.8 Å². The van der Waals surface area contributed by atoms with Crippen molar-refractivity contribution in [2.24, 2.45) is 0 Å². The predicted molar refractivity (Wildman–Crippen MR) is 88.5 cm³/mol. The summed E-state index contributed by atoms with van der Waals surface area (Å²) in [4.78, 5) is 12.5. The van der Waals surface area contributed by atoms with Crippen molar-refractivity contribution in [2.75, 3.05) is 14.2 Å². The third kappa shape index (κ3) is 1.66. The Morgan fingerprint density at radius 1 is 1.00 bits per heavy atom. The Hall–Kier alpha value is -2.53. The normalized spacial score (nSPS) is 11.4. The van der Waals surface area contributed by atoms with Crippen molar-refractivity contribution in [3.8, 4) is 11.5 Å². The van der Waals surface area contributed by atoms with Gasteiger partial charge in [-0.1, -0.05) is 18.2 Å². The van der Waals surface area contributed by atoms with Crippen LogP contribution in [0.1, 0.15) is 0 Å². The Kier molecular flexibility index (Phi) is 2.84. The molecule has 0 unspecified atom stereocenters. The van der Waals surface area contributed by atoms with Crippen LogP contribution in [-0.4, -0.2) is 14.2 Å². The molecule has 0 N–H and O–H groups in total. The molecular formula is C17H12O4S. The van der Waals surface area contributed by atoms with E-state index in [4.69, 9.17) is 13.9 Å². The van der Waals surface area contributed by atoms with Gasteiger partial charge in [-0.15, -0.1) is 11.3 Å². The van der Waals surface area contributed by atoms with Crippen LogP contribution < -0.4 is 15.1 Å². The zero-order chi connectivity index (χ0) is 15.3. The summed E-state index contributed by atoms with van der Waals surface area (Å²) in [5, 5.41) is 2.40. The molecule has 0 fully saturated rings. The van der Waals surface area contributed by atoms with Crippen molar-refractivity contribution in [3.63, 3.8) is 0 Å². The topological polar surface area (TPSA) is 48.7 Å². The summed E-state index contributed by atoms with van der Waals surface area (Å²) in [7, 11) is 3.09. The summed E-state index contributed by atoms with van der Waals surface area (Å²) in [6.07, 6.45) is 0. The highest BCUT2D eigenvalue weighted by Gasteiger charge is 2.18. The van der Waals surface area contributed by atoms with E-state index in [0.717, 1.165) is 20.2 Å². The highest BCUT2D eigenvalue weighted by Crippen LogP contribution is 2.41. The molecule has 0 aliphatic rings. The van der Waals surface area contributed by atoms with Crippen molar-refractivity contribution in [1.29, 1.82) is 0 Å². The second-order valence-corrected chi connectivity index (χ2v) is 5.92. The molecule has 2 heterocycles. The number of rotatable bonds is 2. The van der Waals surface area contributed by atoms with Gasteiger partial charge in [0.1, 0.15) is 0 Å². The molecule has 110 valence electrons. The zero-order valence-corrected chi connectivity index (χ0v) is 12.8. The van der Waals surface area contributed by atoms with Crippen molar-refractivity contribution < 1.29 is 13.9 Å². The molecular weight excluding hydrogens is 300 g/mol. The number of ether oxygens (including phenoxy) is 2. The van der Waals surface area contributed by atoms with Gasteiger partial charge in [0.25, 0.3) is 0 Å². The molecule has 2 aromatic heterocycles. The molecule has 5 heteroatoms. The van der Waals surface area contributed by atoms with E-state index in [0.29, 0.717) is 22.5 Å². The van der Waals surface area contributed by atoms with Crippen LogP contribution >= 0.6 is 11.3 Å². The van der Waals surface area contributed by atoms with Gasteiger partial charge in [0.05, 0.1) is 24.3 Å². The van der Waals surface area contributed by atoms with Gasteiger partial charge in [-0.05, 0) is 18.2 Å². The smallest absolute Gasteiger partial charge is 0.345 e. The van der Waals surface area contributed by atoms with E-state index in [1.54, 1.807) is 18.4 Å². The van der Waals surface area contributed by atoms with Gasteiger partial charge < -0.3 is 13.9 Å². The molecule has 2 aromatic carbocycles. The third-order valence-electron chi connectivity index (χ3n) is 3.74. The van der Waals surface area contributed by atoms with E-state index in [-0.39, 0.29) is 5.63 Å². The zero-order valence-electron chi connectivity index (χ0n) is 12.0. The Morgan fingerprint density at radius 3 is 2.59 bits per heavy atom. The lowest BCUT2D eigenvalue weighted by Crippen LogP contribution is -2.00. The maximum Gasteiger partial charge on any atom is 0.345 e. The van der Waals surface area contributed by atoms with Crippen LogP contribution in [0.3, 0.4) is 0 Å². The molecule has 4 aromatic rings. The van der Waals surface area contributed by atoms with Crippen LogP contribution in [0.25, 0.3) is 31.1 Å². The quantitative estimate of drug-likeness (QED) is 0.521. The fourth-order valence-electron chi connectivity index (χ4n) is 2.76. The number of benzene rings is 2. The largest absolute Gasteiger partial charge is 0.493 e. The lowest BCUT2D eigenvalue weighted by atomic mass is 10.1. The molecule has 0 bridgehead atoms. The van der Waals surface area contributed by atoms with E-state index < -0.39 is 0 Å². The Labute approximate surface area is 129 Å². The van der Waals surface area contributed by atoms with Gasteiger partial charge >= 0.3 is 5.63 Å². The van der Waals surface area contributed by atoms with E-state index in [1.165, 1.54) is 7.11 Å². The van der Waals surface area contributed by atoms with E-state index >= 15 is 0 Å². The molecule has 0 amide bonds. The van der Waals surface area contributed by atoms with Crippen molar-refractivity contribution in [1.82, 2.24) is 0 Å². The van der Waals surface area contributed by atoms with Gasteiger partial charge in [-0.3, -0.25) is 0 Å². The maximum absolute atomic E-state index is 12.5. The van der Waals surface area contributed by atoms with Crippen LogP contribution in [0.2, 0.25) is 0 Å². The van der Waals surface area contributed by atoms with Gasteiger partial charge in [0, 0.05) is 15.5 Å². The lowest BCUT2D eigenvalue weighted by molar-refractivity contribution is 0.352. The molecule has 0 saturated heterocycles. The Bertz CT molecular complexity index is 1070. The van der Waals surface area contributed by atoms with E-state index in [9.17, 15) is 4.79 Å². The number of hydrogen-bond acceptors (Lipinski definition) is 5. The Balaban J connectivity index is 2.28. The summed E-state index contributed by atoms with van der Waals surface area (Å²) in [6.45, 7) is 0. The number of fused-ring (bicyclic) bond motifs is 5. The Morgan fingerprint density at radius 2 is 1.82 bits per heavy atom. The van der Waals surface area contributed by atoms with Gasteiger partial charge in [-0.25, -0.2) is 4.79 Å². The van der Waals surface area contributed by atoms with Crippen molar-refractivity contribution in [2.45, 2.75) is 0 Å². The molecule has 0 spiro atoms. The molecule has 4 nitrogen and oxygen atoms in total. The first-order chi connectivity index (χ1) is 10.7. The highest BCUT2D eigenvalue weighted by molar-refractivity contribution is 7.26. The average Bonchev–Trinajstić information content (AvgIpc) is 2.94. The molecule has 0 atom stereocenters. The van der Waals surface area contributed by atoms with Crippen LogP contribution in [0, 0.1) is 0 Å². The summed E-state index contributed by atoms with van der Waals surface area (Å²) >= 11 is 1.58. The molecule has 0 radical (unpaired) electrons. The summed E-state index contributed by atoms with van der Waals surface area (Å²) < 4.78 is 18.2. The molecule has 4 rings (SSSR count). The minimum atomic E-state index is -0.355. The predicted octanol–water partition coefficient (Wildman–Crippen LogP) is 4.18. The first kappa shape index (κ1) is 13.2. The fraction of sp³-hybridized carbons (Fsp3) is 0.118. The molecule has 0 aliphatic heterocycles. The van der Waals surface area contributed by atoms with E-state index in [2.05, 4.69) is 0 Å². The molecule has 0 aliphatic carbocycles. The summed E-state index contributed by atoms with van der Waals surface area (Å²) in [5.74, 6) is 0.982. The third-order valence-corrected chi connectivity index (χ3v) is 4.94. The number of methoxy groups -OCH3 is 2. The molecule has 0 saturated carbocycles. The fourth-order valence-corrected chi connectivity index (χ4v) is 3.97. The van der Waals surface area contributed by atoms with Gasteiger partial charge in [0.15, 0.2) is 11.3 Å².